The Labute approximate surface area is 126 Å². The maximum absolute atomic E-state index is 12.6. The van der Waals surface area contributed by atoms with Crippen LogP contribution >= 0.6 is 0 Å². The lowest BCUT2D eigenvalue weighted by Gasteiger charge is -2.38. The zero-order valence-corrected chi connectivity index (χ0v) is 13.2. The van der Waals surface area contributed by atoms with Crippen molar-refractivity contribution >= 4 is 11.9 Å². The number of carboxylic acids is 1. The van der Waals surface area contributed by atoms with Crippen LogP contribution < -0.4 is 10.6 Å². The van der Waals surface area contributed by atoms with Gasteiger partial charge in [-0.05, 0) is 57.5 Å². The Bertz CT molecular complexity index is 381. The number of carbonyl (C=O) groups excluding carboxylic acids is 1. The minimum Gasteiger partial charge on any atom is -0.481 e. The third-order valence-electron chi connectivity index (χ3n) is 5.31. The third-order valence-corrected chi connectivity index (χ3v) is 5.31. The normalized spacial score (nSPS) is 30.7. The van der Waals surface area contributed by atoms with E-state index in [1.54, 1.807) is 0 Å². The largest absolute Gasteiger partial charge is 0.481 e. The van der Waals surface area contributed by atoms with Crippen molar-refractivity contribution in [1.29, 1.82) is 0 Å². The molecule has 1 heterocycles. The lowest BCUT2D eigenvalue weighted by molar-refractivity contribution is -0.143. The fourth-order valence-electron chi connectivity index (χ4n) is 3.51. The van der Waals surface area contributed by atoms with Gasteiger partial charge in [0.05, 0.1) is 5.92 Å². The summed E-state index contributed by atoms with van der Waals surface area (Å²) in [6, 6.07) is 0.143. The summed E-state index contributed by atoms with van der Waals surface area (Å²) in [6.45, 7) is 6.02. The summed E-state index contributed by atoms with van der Waals surface area (Å²) >= 11 is 0. The Morgan fingerprint density at radius 1 is 1.14 bits per heavy atom. The minimum absolute atomic E-state index is 0.120. The van der Waals surface area contributed by atoms with Crippen molar-refractivity contribution in [2.45, 2.75) is 58.4 Å². The van der Waals surface area contributed by atoms with Crippen LogP contribution in [0.5, 0.6) is 0 Å². The van der Waals surface area contributed by atoms with Gasteiger partial charge in [-0.1, -0.05) is 13.8 Å². The molecule has 21 heavy (non-hydrogen) atoms. The maximum atomic E-state index is 12.6. The van der Waals surface area contributed by atoms with Crippen molar-refractivity contribution in [3.05, 3.63) is 0 Å². The van der Waals surface area contributed by atoms with Gasteiger partial charge in [-0.2, -0.15) is 0 Å². The summed E-state index contributed by atoms with van der Waals surface area (Å²) < 4.78 is 0. The highest BCUT2D eigenvalue weighted by atomic mass is 16.4. The molecule has 1 amide bonds. The molecule has 2 fully saturated rings. The highest BCUT2D eigenvalue weighted by molar-refractivity contribution is 5.82. The van der Waals surface area contributed by atoms with Crippen LogP contribution in [0.25, 0.3) is 0 Å². The number of amides is 1. The number of nitrogens with one attached hydrogen (secondary N) is 2. The van der Waals surface area contributed by atoms with Crippen LogP contribution in [0.3, 0.4) is 0 Å². The van der Waals surface area contributed by atoms with Gasteiger partial charge < -0.3 is 15.7 Å². The van der Waals surface area contributed by atoms with Crippen molar-refractivity contribution in [3.8, 4) is 0 Å². The number of aliphatic carboxylic acids is 1. The number of hydrogen-bond donors (Lipinski definition) is 3. The SMILES string of the molecule is CC(C)(C(=O)NC1CCC(C(=O)O)CC1)C1CCCNC1. The van der Waals surface area contributed by atoms with Gasteiger partial charge in [0.1, 0.15) is 0 Å². The standard InChI is InChI=1S/C16H28N2O3/c1-16(2,12-4-3-9-17-10-12)15(21)18-13-7-5-11(6-8-13)14(19)20/h11-13,17H,3-10H2,1-2H3,(H,18,21)(H,19,20). The van der Waals surface area contributed by atoms with Crippen LogP contribution in [0.15, 0.2) is 0 Å². The van der Waals surface area contributed by atoms with Gasteiger partial charge in [0.15, 0.2) is 0 Å². The van der Waals surface area contributed by atoms with Gasteiger partial charge in [0.2, 0.25) is 5.91 Å². The van der Waals surface area contributed by atoms with E-state index >= 15 is 0 Å². The van der Waals surface area contributed by atoms with Crippen molar-refractivity contribution in [3.63, 3.8) is 0 Å². The fraction of sp³-hybridized carbons (Fsp3) is 0.875. The van der Waals surface area contributed by atoms with Crippen molar-refractivity contribution < 1.29 is 14.7 Å². The van der Waals surface area contributed by atoms with Gasteiger partial charge in [-0.3, -0.25) is 9.59 Å². The summed E-state index contributed by atoms with van der Waals surface area (Å²) in [4.78, 5) is 23.5. The molecule has 0 spiro atoms. The highest BCUT2D eigenvalue weighted by Gasteiger charge is 2.38. The van der Waals surface area contributed by atoms with E-state index in [-0.39, 0.29) is 23.3 Å². The zero-order chi connectivity index (χ0) is 15.5. The number of rotatable bonds is 4. The first-order valence-electron chi connectivity index (χ1n) is 8.15. The molecule has 2 aliphatic rings. The molecule has 3 N–H and O–H groups in total. The van der Waals surface area contributed by atoms with E-state index < -0.39 is 5.97 Å². The maximum Gasteiger partial charge on any atom is 0.306 e. The van der Waals surface area contributed by atoms with E-state index in [9.17, 15) is 9.59 Å². The molecule has 120 valence electrons. The lowest BCUT2D eigenvalue weighted by atomic mass is 9.74. The molecule has 5 heteroatoms. The third kappa shape index (κ3) is 3.96. The Balaban J connectivity index is 1.84. The van der Waals surface area contributed by atoms with Gasteiger partial charge in [0, 0.05) is 11.5 Å². The second-order valence-corrected chi connectivity index (χ2v) is 7.13. The molecule has 2 rings (SSSR count). The van der Waals surface area contributed by atoms with Crippen molar-refractivity contribution in [2.75, 3.05) is 13.1 Å². The predicted molar refractivity (Wildman–Crippen MR) is 80.9 cm³/mol. The van der Waals surface area contributed by atoms with Gasteiger partial charge in [0.25, 0.3) is 0 Å². The molecule has 0 aromatic carbocycles. The van der Waals surface area contributed by atoms with E-state index in [0.29, 0.717) is 18.8 Å². The van der Waals surface area contributed by atoms with E-state index in [4.69, 9.17) is 5.11 Å². The smallest absolute Gasteiger partial charge is 0.306 e. The first kappa shape index (κ1) is 16.3. The molecule has 0 bridgehead atoms. The van der Waals surface area contributed by atoms with Crippen LogP contribution in [-0.4, -0.2) is 36.1 Å². The molecule has 0 aromatic rings. The Morgan fingerprint density at radius 3 is 2.33 bits per heavy atom. The average Bonchev–Trinajstić information content (AvgIpc) is 2.48. The molecule has 5 nitrogen and oxygen atoms in total. The number of hydrogen-bond acceptors (Lipinski definition) is 3. The highest BCUT2D eigenvalue weighted by Crippen LogP contribution is 2.33. The van der Waals surface area contributed by atoms with E-state index in [1.807, 2.05) is 13.8 Å². The Hall–Kier alpha value is -1.10. The Kier molecular flexibility index (Phi) is 5.25. The van der Waals surface area contributed by atoms with Crippen molar-refractivity contribution in [2.24, 2.45) is 17.3 Å². The second-order valence-electron chi connectivity index (χ2n) is 7.13. The molecule has 1 saturated carbocycles. The Morgan fingerprint density at radius 2 is 1.81 bits per heavy atom. The molecule has 1 atom stereocenters. The number of carboxylic acid groups (broad SMARTS) is 1. The van der Waals surface area contributed by atoms with Crippen molar-refractivity contribution in [1.82, 2.24) is 10.6 Å². The summed E-state index contributed by atoms with van der Waals surface area (Å²) in [5, 5.41) is 15.5. The lowest BCUT2D eigenvalue weighted by Crippen LogP contribution is -2.50. The quantitative estimate of drug-likeness (QED) is 0.739. The average molecular weight is 296 g/mol. The van der Waals surface area contributed by atoms with Crippen LogP contribution in [0.2, 0.25) is 0 Å². The van der Waals surface area contributed by atoms with Crippen LogP contribution in [0, 0.1) is 17.3 Å². The summed E-state index contributed by atoms with van der Waals surface area (Å²) in [6.07, 6.45) is 5.13. The number of piperidine rings is 1. The van der Waals surface area contributed by atoms with E-state index in [2.05, 4.69) is 10.6 Å². The molecule has 0 radical (unpaired) electrons. The minimum atomic E-state index is -0.701. The molecular formula is C16H28N2O3. The van der Waals surface area contributed by atoms with E-state index in [1.165, 1.54) is 0 Å². The monoisotopic (exact) mass is 296 g/mol. The van der Waals surface area contributed by atoms with Gasteiger partial charge >= 0.3 is 5.97 Å². The van der Waals surface area contributed by atoms with Gasteiger partial charge in [-0.25, -0.2) is 0 Å². The van der Waals surface area contributed by atoms with Crippen LogP contribution in [0.4, 0.5) is 0 Å². The molecule has 0 aromatic heterocycles. The number of carbonyl (C=O) groups is 2. The summed E-state index contributed by atoms with van der Waals surface area (Å²) in [7, 11) is 0. The first-order chi connectivity index (χ1) is 9.91. The first-order valence-corrected chi connectivity index (χ1v) is 8.15. The summed E-state index contributed by atoms with van der Waals surface area (Å²) in [5.41, 5.74) is -0.364. The van der Waals surface area contributed by atoms with E-state index in [0.717, 1.165) is 38.8 Å². The molecule has 1 unspecified atom stereocenters. The topological polar surface area (TPSA) is 78.4 Å². The van der Waals surface area contributed by atoms with Gasteiger partial charge in [-0.15, -0.1) is 0 Å². The molecule has 1 aliphatic carbocycles. The molecular weight excluding hydrogens is 268 g/mol. The predicted octanol–water partition coefficient (Wildman–Crippen LogP) is 1.77. The van der Waals surface area contributed by atoms with Crippen LogP contribution in [0.1, 0.15) is 52.4 Å². The summed E-state index contributed by atoms with van der Waals surface area (Å²) in [5.74, 6) is -0.432. The van der Waals surface area contributed by atoms with Crippen LogP contribution in [-0.2, 0) is 9.59 Å². The second kappa shape index (κ2) is 6.77. The fourth-order valence-corrected chi connectivity index (χ4v) is 3.51. The molecule has 1 aliphatic heterocycles. The molecule has 1 saturated heterocycles. The zero-order valence-electron chi connectivity index (χ0n) is 13.2.